The first-order valence-electron chi connectivity index (χ1n) is 19.6. The van der Waals surface area contributed by atoms with Crippen molar-refractivity contribution in [3.8, 4) is 0 Å². The number of carboxylic acids is 1. The monoisotopic (exact) mass is 643 g/mol. The lowest BCUT2D eigenvalue weighted by molar-refractivity contribution is -0.148. The lowest BCUT2D eigenvalue weighted by atomic mass is 10.0. The van der Waals surface area contributed by atoms with Crippen LogP contribution in [0.4, 0.5) is 0 Å². The van der Waals surface area contributed by atoms with Crippen LogP contribution in [0.5, 0.6) is 0 Å². The van der Waals surface area contributed by atoms with Gasteiger partial charge in [0.25, 0.3) is 0 Å². The molecule has 266 valence electrons. The number of carbonyl (C=O) groups excluding carboxylic acids is 1. The number of carbonyl (C=O) groups is 2. The molecule has 1 atom stereocenters. The fraction of sp³-hybridized carbons (Fsp3) is 0.762. The van der Waals surface area contributed by atoms with Crippen LogP contribution in [-0.4, -0.2) is 23.1 Å². The van der Waals surface area contributed by atoms with E-state index in [9.17, 15) is 9.59 Å². The molecule has 0 aliphatic rings. The van der Waals surface area contributed by atoms with Gasteiger partial charge < -0.3 is 9.84 Å². The summed E-state index contributed by atoms with van der Waals surface area (Å²) >= 11 is 0. The quantitative estimate of drug-likeness (QED) is 0.0424. The lowest BCUT2D eigenvalue weighted by Gasteiger charge is -2.13. The van der Waals surface area contributed by atoms with Crippen LogP contribution in [0.15, 0.2) is 48.6 Å². The maximum Gasteiger partial charge on any atom is 0.306 e. The molecular weight excluding hydrogens is 568 g/mol. The second-order valence-corrected chi connectivity index (χ2v) is 13.2. The van der Waals surface area contributed by atoms with E-state index >= 15 is 0 Å². The van der Waals surface area contributed by atoms with Crippen molar-refractivity contribution in [3.05, 3.63) is 48.6 Å². The zero-order valence-corrected chi connectivity index (χ0v) is 30.4. The Morgan fingerprint density at radius 3 is 1.33 bits per heavy atom. The summed E-state index contributed by atoms with van der Waals surface area (Å²) in [5, 5.41) is 8.64. The molecule has 0 aromatic carbocycles. The number of hydrogen-bond donors (Lipinski definition) is 1. The molecule has 0 saturated heterocycles. The van der Waals surface area contributed by atoms with Crippen molar-refractivity contribution < 1.29 is 19.4 Å². The molecule has 1 unspecified atom stereocenters. The summed E-state index contributed by atoms with van der Waals surface area (Å²) in [6, 6.07) is 0. The lowest BCUT2D eigenvalue weighted by Crippen LogP contribution is -2.14. The van der Waals surface area contributed by atoms with Crippen molar-refractivity contribution in [2.75, 3.05) is 0 Å². The summed E-state index contributed by atoms with van der Waals surface area (Å²) < 4.78 is 5.62. The topological polar surface area (TPSA) is 63.6 Å². The Kier molecular flexibility index (Phi) is 35.7. The van der Waals surface area contributed by atoms with Crippen LogP contribution in [0.2, 0.25) is 0 Å². The first kappa shape index (κ1) is 43.9. The van der Waals surface area contributed by atoms with E-state index in [-0.39, 0.29) is 12.1 Å². The molecule has 0 radical (unpaired) electrons. The van der Waals surface area contributed by atoms with E-state index in [1.165, 1.54) is 116 Å². The number of unbranched alkanes of at least 4 members (excludes halogenated alkanes) is 20. The minimum Gasteiger partial charge on any atom is -0.481 e. The van der Waals surface area contributed by atoms with E-state index in [1.807, 2.05) is 6.92 Å². The third-order valence-electron chi connectivity index (χ3n) is 8.54. The summed E-state index contributed by atoms with van der Waals surface area (Å²) in [4.78, 5) is 22.6. The highest BCUT2D eigenvalue weighted by atomic mass is 16.5. The molecule has 0 bridgehead atoms. The number of aliphatic carboxylic acids is 1. The Morgan fingerprint density at radius 1 is 0.500 bits per heavy atom. The predicted octanol–water partition coefficient (Wildman–Crippen LogP) is 13.6. The summed E-state index contributed by atoms with van der Waals surface area (Å²) in [5.41, 5.74) is 0. The average Bonchev–Trinajstić information content (AvgIpc) is 3.03. The molecule has 1 N–H and O–H groups in total. The molecule has 4 nitrogen and oxygen atoms in total. The molecule has 0 aromatic heterocycles. The number of esters is 1. The number of hydrogen-bond acceptors (Lipinski definition) is 3. The number of rotatable bonds is 35. The van der Waals surface area contributed by atoms with Crippen molar-refractivity contribution in [1.29, 1.82) is 0 Å². The van der Waals surface area contributed by atoms with Crippen LogP contribution in [0.3, 0.4) is 0 Å². The first-order valence-corrected chi connectivity index (χ1v) is 19.6. The fourth-order valence-corrected chi connectivity index (χ4v) is 5.63. The molecule has 4 heteroatoms. The van der Waals surface area contributed by atoms with Gasteiger partial charge in [-0.25, -0.2) is 0 Å². The van der Waals surface area contributed by atoms with Crippen LogP contribution < -0.4 is 0 Å². The van der Waals surface area contributed by atoms with Crippen LogP contribution in [-0.2, 0) is 14.3 Å². The first-order chi connectivity index (χ1) is 22.6. The maximum atomic E-state index is 12.1. The number of carboxylic acid groups (broad SMARTS) is 1. The largest absolute Gasteiger partial charge is 0.481 e. The Labute approximate surface area is 285 Å². The zero-order chi connectivity index (χ0) is 33.6. The van der Waals surface area contributed by atoms with E-state index in [4.69, 9.17) is 9.84 Å². The minimum absolute atomic E-state index is 0.0351. The molecule has 46 heavy (non-hydrogen) atoms. The fourth-order valence-electron chi connectivity index (χ4n) is 5.63. The van der Waals surface area contributed by atoms with Gasteiger partial charge in [-0.3, -0.25) is 9.59 Å². The van der Waals surface area contributed by atoms with Gasteiger partial charge in [0, 0.05) is 12.8 Å². The summed E-state index contributed by atoms with van der Waals surface area (Å²) in [7, 11) is 0. The third-order valence-corrected chi connectivity index (χ3v) is 8.54. The highest BCUT2D eigenvalue weighted by molar-refractivity contribution is 5.69. The van der Waals surface area contributed by atoms with E-state index in [2.05, 4.69) is 55.5 Å². The summed E-state index contributed by atoms with van der Waals surface area (Å²) in [6.45, 7) is 4.28. The highest BCUT2D eigenvalue weighted by Crippen LogP contribution is 2.15. The van der Waals surface area contributed by atoms with Crippen molar-refractivity contribution in [2.45, 2.75) is 206 Å². The molecule has 0 aliphatic carbocycles. The van der Waals surface area contributed by atoms with Gasteiger partial charge in [-0.15, -0.1) is 0 Å². The van der Waals surface area contributed by atoms with Crippen molar-refractivity contribution in [2.24, 2.45) is 0 Å². The smallest absolute Gasteiger partial charge is 0.306 e. The predicted molar refractivity (Wildman–Crippen MR) is 199 cm³/mol. The van der Waals surface area contributed by atoms with Gasteiger partial charge in [-0.05, 0) is 71.1 Å². The van der Waals surface area contributed by atoms with Crippen molar-refractivity contribution in [3.63, 3.8) is 0 Å². The molecule has 0 spiro atoms. The van der Waals surface area contributed by atoms with Crippen molar-refractivity contribution in [1.82, 2.24) is 0 Å². The highest BCUT2D eigenvalue weighted by Gasteiger charge is 2.08. The Morgan fingerprint density at radius 2 is 0.891 bits per heavy atom. The SMILES string of the molecule is CCCCC/C=C\C/C=C\C/C=C\C/C=C\CCCC(=O)OC(C)CCCCCCCCCCCCCCCCCCCC(=O)O. The van der Waals surface area contributed by atoms with Crippen LogP contribution in [0, 0.1) is 0 Å². The summed E-state index contributed by atoms with van der Waals surface area (Å²) in [6.07, 6.45) is 51.2. The van der Waals surface area contributed by atoms with Crippen LogP contribution >= 0.6 is 0 Å². The van der Waals surface area contributed by atoms with Gasteiger partial charge in [0.2, 0.25) is 0 Å². The second-order valence-electron chi connectivity index (χ2n) is 13.2. The molecule has 0 heterocycles. The van der Waals surface area contributed by atoms with Gasteiger partial charge >= 0.3 is 11.9 Å². The van der Waals surface area contributed by atoms with E-state index < -0.39 is 5.97 Å². The number of ether oxygens (including phenoxy) is 1. The standard InChI is InChI=1S/C42H74O4/c1-3-4-5-6-7-8-9-10-11-13-18-21-24-27-30-33-36-39-42(45)46-40(2)37-34-31-28-25-22-19-16-14-12-15-17-20-23-26-29-32-35-38-41(43)44/h7-8,10-11,18,21,27,30,40H,3-6,9,12-17,19-20,22-26,28-29,31-39H2,1-2H3,(H,43,44)/b8-7-,11-10-,21-18-,30-27-. The van der Waals surface area contributed by atoms with Crippen molar-refractivity contribution >= 4 is 11.9 Å². The van der Waals surface area contributed by atoms with Gasteiger partial charge in [0.1, 0.15) is 0 Å². The molecule has 0 rings (SSSR count). The Hall–Kier alpha value is -2.10. The maximum absolute atomic E-state index is 12.1. The molecule has 0 fully saturated rings. The summed E-state index contributed by atoms with van der Waals surface area (Å²) in [5.74, 6) is -0.713. The molecule has 0 saturated carbocycles. The second kappa shape index (κ2) is 37.4. The minimum atomic E-state index is -0.665. The van der Waals surface area contributed by atoms with Gasteiger partial charge in [-0.1, -0.05) is 165 Å². The molecule has 0 aliphatic heterocycles. The normalized spacial score (nSPS) is 12.7. The average molecular weight is 643 g/mol. The van der Waals surface area contributed by atoms with Crippen LogP contribution in [0.1, 0.15) is 200 Å². The van der Waals surface area contributed by atoms with Gasteiger partial charge in [0.15, 0.2) is 0 Å². The Balaban J connectivity index is 3.42. The molecular formula is C42H74O4. The van der Waals surface area contributed by atoms with Gasteiger partial charge in [-0.2, -0.15) is 0 Å². The van der Waals surface area contributed by atoms with E-state index in [0.717, 1.165) is 57.8 Å². The van der Waals surface area contributed by atoms with E-state index in [0.29, 0.717) is 12.8 Å². The Bertz CT molecular complexity index is 779. The van der Waals surface area contributed by atoms with Crippen LogP contribution in [0.25, 0.3) is 0 Å². The van der Waals surface area contributed by atoms with E-state index in [1.54, 1.807) is 0 Å². The molecule has 0 amide bonds. The number of allylic oxidation sites excluding steroid dienone is 8. The zero-order valence-electron chi connectivity index (χ0n) is 30.4. The third kappa shape index (κ3) is 38.1. The van der Waals surface area contributed by atoms with Gasteiger partial charge in [0.05, 0.1) is 6.10 Å². The molecule has 0 aromatic rings.